The summed E-state index contributed by atoms with van der Waals surface area (Å²) in [5, 5.41) is 8.46. The molecule has 0 bridgehead atoms. The molecule has 0 amide bonds. The zero-order valence-electron chi connectivity index (χ0n) is 10.7. The highest BCUT2D eigenvalue weighted by atomic mass is 16.5. The third kappa shape index (κ3) is 1.98. The predicted octanol–water partition coefficient (Wildman–Crippen LogP) is 1.61. The van der Waals surface area contributed by atoms with Gasteiger partial charge in [0.25, 0.3) is 0 Å². The van der Waals surface area contributed by atoms with Crippen LogP contribution in [-0.4, -0.2) is 14.9 Å². The molecule has 0 aromatic carbocycles. The molecule has 0 radical (unpaired) electrons. The molecular formula is C12H18N4O. The molecule has 5 heteroatoms. The molecule has 5 nitrogen and oxygen atoms in total. The van der Waals surface area contributed by atoms with Crippen LogP contribution in [0.25, 0.3) is 0 Å². The lowest BCUT2D eigenvalue weighted by Crippen LogP contribution is -2.06. The van der Waals surface area contributed by atoms with E-state index >= 15 is 0 Å². The third-order valence-corrected chi connectivity index (χ3v) is 3.22. The molecule has 2 heterocycles. The van der Waals surface area contributed by atoms with Gasteiger partial charge in [-0.05, 0) is 27.7 Å². The van der Waals surface area contributed by atoms with Crippen molar-refractivity contribution in [3.8, 4) is 0 Å². The van der Waals surface area contributed by atoms with Crippen molar-refractivity contribution in [3.63, 3.8) is 0 Å². The summed E-state index contributed by atoms with van der Waals surface area (Å²) in [6.07, 6.45) is 0. The van der Waals surface area contributed by atoms with E-state index < -0.39 is 0 Å². The van der Waals surface area contributed by atoms with Gasteiger partial charge >= 0.3 is 0 Å². The van der Waals surface area contributed by atoms with Crippen LogP contribution in [0, 0.1) is 27.7 Å². The first kappa shape index (κ1) is 11.9. The average Bonchev–Trinajstić information content (AvgIpc) is 2.73. The second kappa shape index (κ2) is 4.33. The molecule has 92 valence electrons. The molecule has 0 atom stereocenters. The van der Waals surface area contributed by atoms with E-state index in [9.17, 15) is 0 Å². The topological polar surface area (TPSA) is 69.9 Å². The van der Waals surface area contributed by atoms with Gasteiger partial charge in [0, 0.05) is 23.4 Å². The van der Waals surface area contributed by atoms with E-state index in [0.29, 0.717) is 13.1 Å². The number of rotatable bonds is 3. The van der Waals surface area contributed by atoms with Crippen molar-refractivity contribution in [2.24, 2.45) is 5.73 Å². The highest BCUT2D eigenvalue weighted by molar-refractivity contribution is 5.27. The van der Waals surface area contributed by atoms with Gasteiger partial charge < -0.3 is 10.3 Å². The van der Waals surface area contributed by atoms with E-state index in [-0.39, 0.29) is 0 Å². The van der Waals surface area contributed by atoms with E-state index in [0.717, 1.165) is 34.0 Å². The van der Waals surface area contributed by atoms with Crippen LogP contribution >= 0.6 is 0 Å². The first-order valence-electron chi connectivity index (χ1n) is 5.69. The summed E-state index contributed by atoms with van der Waals surface area (Å²) in [4.78, 5) is 0. The van der Waals surface area contributed by atoms with Gasteiger partial charge in [-0.2, -0.15) is 5.10 Å². The maximum absolute atomic E-state index is 5.71. The van der Waals surface area contributed by atoms with Gasteiger partial charge in [-0.1, -0.05) is 5.16 Å². The van der Waals surface area contributed by atoms with Crippen molar-refractivity contribution in [2.45, 2.75) is 40.8 Å². The molecule has 0 spiro atoms. The maximum Gasteiger partial charge on any atom is 0.138 e. The third-order valence-electron chi connectivity index (χ3n) is 3.22. The lowest BCUT2D eigenvalue weighted by Gasteiger charge is -2.04. The Labute approximate surface area is 101 Å². The number of nitrogens with two attached hydrogens (primary N) is 1. The predicted molar refractivity (Wildman–Crippen MR) is 64.7 cm³/mol. The molecule has 17 heavy (non-hydrogen) atoms. The molecule has 0 aliphatic carbocycles. The average molecular weight is 234 g/mol. The zero-order chi connectivity index (χ0) is 12.6. The summed E-state index contributed by atoms with van der Waals surface area (Å²) in [5.74, 6) is 0.851. The smallest absolute Gasteiger partial charge is 0.138 e. The van der Waals surface area contributed by atoms with Gasteiger partial charge in [0.05, 0.1) is 17.9 Å². The van der Waals surface area contributed by atoms with Crippen LogP contribution in [0.3, 0.4) is 0 Å². The molecular weight excluding hydrogens is 216 g/mol. The minimum absolute atomic E-state index is 0.527. The largest absolute Gasteiger partial charge is 0.361 e. The summed E-state index contributed by atoms with van der Waals surface area (Å²) < 4.78 is 7.12. The lowest BCUT2D eigenvalue weighted by atomic mass is 10.2. The van der Waals surface area contributed by atoms with Gasteiger partial charge in [0.2, 0.25) is 0 Å². The molecule has 2 aromatic heterocycles. The highest BCUT2D eigenvalue weighted by Crippen LogP contribution is 2.17. The van der Waals surface area contributed by atoms with Crippen molar-refractivity contribution < 1.29 is 4.52 Å². The fourth-order valence-corrected chi connectivity index (χ4v) is 2.06. The van der Waals surface area contributed by atoms with Crippen LogP contribution < -0.4 is 5.73 Å². The first-order valence-corrected chi connectivity index (χ1v) is 5.69. The van der Waals surface area contributed by atoms with Gasteiger partial charge in [0.15, 0.2) is 0 Å². The Morgan fingerprint density at radius 2 is 1.82 bits per heavy atom. The fourth-order valence-electron chi connectivity index (χ4n) is 2.06. The monoisotopic (exact) mass is 234 g/mol. The minimum atomic E-state index is 0.527. The molecule has 0 aliphatic rings. The van der Waals surface area contributed by atoms with E-state index in [1.54, 1.807) is 0 Å². The van der Waals surface area contributed by atoms with Crippen LogP contribution in [0.5, 0.6) is 0 Å². The SMILES string of the molecule is Cc1noc(C)c1Cn1nc(C)c(CN)c1C. The van der Waals surface area contributed by atoms with Gasteiger partial charge in [0.1, 0.15) is 5.76 Å². The number of nitrogens with zero attached hydrogens (tertiary/aromatic N) is 3. The Bertz CT molecular complexity index is 519. The standard InChI is InChI=1S/C12H18N4O/c1-7-11(5-13)9(3)16(14-7)6-12-8(2)15-17-10(12)4/h5-6,13H2,1-4H3. The van der Waals surface area contributed by atoms with Crippen LogP contribution in [-0.2, 0) is 13.1 Å². The Kier molecular flexibility index (Phi) is 3.02. The van der Waals surface area contributed by atoms with E-state index in [2.05, 4.69) is 10.3 Å². The summed E-state index contributed by atoms with van der Waals surface area (Å²) in [5.41, 5.74) is 11.0. The highest BCUT2D eigenvalue weighted by Gasteiger charge is 2.14. The zero-order valence-corrected chi connectivity index (χ0v) is 10.7. The van der Waals surface area contributed by atoms with Gasteiger partial charge in [-0.25, -0.2) is 0 Å². The van der Waals surface area contributed by atoms with Crippen molar-refractivity contribution in [2.75, 3.05) is 0 Å². The fraction of sp³-hybridized carbons (Fsp3) is 0.500. The van der Waals surface area contributed by atoms with Crippen LogP contribution in [0.4, 0.5) is 0 Å². The van der Waals surface area contributed by atoms with Crippen molar-refractivity contribution in [1.82, 2.24) is 14.9 Å². The normalized spacial score (nSPS) is 11.1. The van der Waals surface area contributed by atoms with Crippen LogP contribution in [0.2, 0.25) is 0 Å². The summed E-state index contributed by atoms with van der Waals surface area (Å²) >= 11 is 0. The minimum Gasteiger partial charge on any atom is -0.361 e. The van der Waals surface area contributed by atoms with Crippen molar-refractivity contribution in [3.05, 3.63) is 34.0 Å². The number of hydrogen-bond acceptors (Lipinski definition) is 4. The molecule has 0 saturated heterocycles. The number of aryl methyl sites for hydroxylation is 3. The molecule has 0 aliphatic heterocycles. The molecule has 2 N–H and O–H groups in total. The van der Waals surface area contributed by atoms with E-state index in [4.69, 9.17) is 10.3 Å². The molecule has 0 unspecified atom stereocenters. The second-order valence-corrected chi connectivity index (χ2v) is 4.31. The van der Waals surface area contributed by atoms with E-state index in [1.807, 2.05) is 32.4 Å². The van der Waals surface area contributed by atoms with Crippen molar-refractivity contribution in [1.29, 1.82) is 0 Å². The quantitative estimate of drug-likeness (QED) is 0.876. The maximum atomic E-state index is 5.71. The molecule has 2 rings (SSSR count). The summed E-state index contributed by atoms with van der Waals surface area (Å²) in [6.45, 7) is 9.11. The molecule has 0 saturated carbocycles. The summed E-state index contributed by atoms with van der Waals surface area (Å²) in [6, 6.07) is 0. The second-order valence-electron chi connectivity index (χ2n) is 4.31. The van der Waals surface area contributed by atoms with Gasteiger partial charge in [-0.3, -0.25) is 4.68 Å². The van der Waals surface area contributed by atoms with E-state index in [1.165, 1.54) is 0 Å². The summed E-state index contributed by atoms with van der Waals surface area (Å²) in [7, 11) is 0. The Morgan fingerprint density at radius 1 is 1.12 bits per heavy atom. The lowest BCUT2D eigenvalue weighted by molar-refractivity contribution is 0.391. The molecule has 2 aromatic rings. The van der Waals surface area contributed by atoms with Crippen LogP contribution in [0.15, 0.2) is 4.52 Å². The Morgan fingerprint density at radius 3 is 2.29 bits per heavy atom. The van der Waals surface area contributed by atoms with Gasteiger partial charge in [-0.15, -0.1) is 0 Å². The number of aromatic nitrogens is 3. The first-order chi connectivity index (χ1) is 8.04. The number of hydrogen-bond donors (Lipinski definition) is 1. The molecule has 0 fully saturated rings. The Balaban J connectivity index is 2.37. The van der Waals surface area contributed by atoms with Crippen LogP contribution in [0.1, 0.15) is 34.0 Å². The Hall–Kier alpha value is -1.62. The van der Waals surface area contributed by atoms with Crippen molar-refractivity contribution >= 4 is 0 Å².